The molecule has 0 fully saturated rings. The van der Waals surface area contributed by atoms with Gasteiger partial charge in [-0.3, -0.25) is 0 Å². The van der Waals surface area contributed by atoms with E-state index in [9.17, 15) is 0 Å². The molecule has 0 radical (unpaired) electrons. The zero-order valence-electron chi connectivity index (χ0n) is 8.26. The van der Waals surface area contributed by atoms with E-state index in [1.54, 1.807) is 0 Å². The highest BCUT2D eigenvalue weighted by Crippen LogP contribution is 2.37. The van der Waals surface area contributed by atoms with Crippen molar-refractivity contribution in [2.24, 2.45) is 0 Å². The van der Waals surface area contributed by atoms with Crippen molar-refractivity contribution < 1.29 is 0 Å². The van der Waals surface area contributed by atoms with Gasteiger partial charge in [0.25, 0.3) is 0 Å². The van der Waals surface area contributed by atoms with Crippen LogP contribution in [0.15, 0.2) is 0 Å². The second-order valence-corrected chi connectivity index (χ2v) is 4.66. The van der Waals surface area contributed by atoms with E-state index in [1.165, 1.54) is 36.3 Å². The summed E-state index contributed by atoms with van der Waals surface area (Å²) in [6.07, 6.45) is 5.15. The Morgan fingerprint density at radius 3 is 3.15 bits per heavy atom. The summed E-state index contributed by atoms with van der Waals surface area (Å²) in [6.45, 7) is 2.26. The zero-order valence-corrected chi connectivity index (χ0v) is 9.08. The van der Waals surface area contributed by atoms with Crippen molar-refractivity contribution in [2.45, 2.75) is 38.5 Å². The average Bonchev–Trinajstić information content (AvgIpc) is 2.59. The molecule has 2 rings (SSSR count). The largest absolute Gasteiger partial charge is 0.365 e. The van der Waals surface area contributed by atoms with E-state index in [0.29, 0.717) is 0 Å². The molecule has 1 unspecified atom stereocenters. The number of thiazole rings is 1. The topological polar surface area (TPSA) is 24.9 Å². The molecule has 0 saturated carbocycles. The van der Waals surface area contributed by atoms with E-state index in [0.717, 1.165) is 11.0 Å². The summed E-state index contributed by atoms with van der Waals surface area (Å²) in [5.74, 6) is 0.724. The van der Waals surface area contributed by atoms with Gasteiger partial charge in [-0.15, -0.1) is 11.3 Å². The van der Waals surface area contributed by atoms with Crippen LogP contribution in [-0.2, 0) is 6.42 Å². The summed E-state index contributed by atoms with van der Waals surface area (Å²) < 4.78 is 0. The third-order valence-corrected chi connectivity index (χ3v) is 3.93. The normalized spacial score (nSPS) is 21.2. The van der Waals surface area contributed by atoms with Gasteiger partial charge in [0.1, 0.15) is 0 Å². The van der Waals surface area contributed by atoms with Crippen molar-refractivity contribution >= 4 is 16.5 Å². The summed E-state index contributed by atoms with van der Waals surface area (Å²) in [5, 5.41) is 4.22. The fraction of sp³-hybridized carbons (Fsp3) is 0.700. The van der Waals surface area contributed by atoms with E-state index < -0.39 is 0 Å². The van der Waals surface area contributed by atoms with Crippen LogP contribution in [0.3, 0.4) is 0 Å². The van der Waals surface area contributed by atoms with Gasteiger partial charge >= 0.3 is 0 Å². The van der Waals surface area contributed by atoms with Crippen LogP contribution in [0.1, 0.15) is 42.7 Å². The highest BCUT2D eigenvalue weighted by atomic mass is 32.1. The third-order valence-electron chi connectivity index (χ3n) is 2.78. The Morgan fingerprint density at radius 1 is 1.62 bits per heavy atom. The van der Waals surface area contributed by atoms with Crippen molar-refractivity contribution in [1.29, 1.82) is 0 Å². The molecule has 1 aliphatic rings. The molecule has 1 aromatic rings. The quantitative estimate of drug-likeness (QED) is 0.786. The predicted molar refractivity (Wildman–Crippen MR) is 57.6 cm³/mol. The van der Waals surface area contributed by atoms with Crippen molar-refractivity contribution in [2.75, 3.05) is 12.4 Å². The minimum atomic E-state index is 0.724. The van der Waals surface area contributed by atoms with E-state index in [1.807, 2.05) is 18.4 Å². The molecule has 0 aliphatic heterocycles. The van der Waals surface area contributed by atoms with E-state index in [-0.39, 0.29) is 0 Å². The maximum atomic E-state index is 4.63. The first-order valence-corrected chi connectivity index (χ1v) is 5.84. The van der Waals surface area contributed by atoms with Crippen LogP contribution >= 0.6 is 11.3 Å². The van der Waals surface area contributed by atoms with Crippen molar-refractivity contribution in [3.8, 4) is 0 Å². The first-order valence-electron chi connectivity index (χ1n) is 5.02. The SMILES string of the molecule is CCC1CCCc2sc(NC)nc21. The fourth-order valence-electron chi connectivity index (χ4n) is 2.01. The number of hydrogen-bond donors (Lipinski definition) is 1. The Balaban J connectivity index is 2.32. The van der Waals surface area contributed by atoms with Gasteiger partial charge in [-0.2, -0.15) is 0 Å². The van der Waals surface area contributed by atoms with Crippen LogP contribution in [-0.4, -0.2) is 12.0 Å². The number of hydrogen-bond acceptors (Lipinski definition) is 3. The molecule has 3 heteroatoms. The highest BCUT2D eigenvalue weighted by molar-refractivity contribution is 7.15. The van der Waals surface area contributed by atoms with E-state index in [4.69, 9.17) is 0 Å². The molecule has 1 N–H and O–H groups in total. The van der Waals surface area contributed by atoms with Gasteiger partial charge in [-0.05, 0) is 25.7 Å². The standard InChI is InChI=1S/C10H16N2S/c1-3-7-5-4-6-8-9(7)12-10(11-2)13-8/h7H,3-6H2,1-2H3,(H,11,12). The lowest BCUT2D eigenvalue weighted by molar-refractivity contribution is 0.533. The molecule has 0 spiro atoms. The molecular weight excluding hydrogens is 180 g/mol. The molecule has 2 nitrogen and oxygen atoms in total. The van der Waals surface area contributed by atoms with Gasteiger partial charge in [0.05, 0.1) is 5.69 Å². The summed E-state index contributed by atoms with van der Waals surface area (Å²) >= 11 is 1.83. The minimum absolute atomic E-state index is 0.724. The Morgan fingerprint density at radius 2 is 2.46 bits per heavy atom. The molecule has 1 aromatic heterocycles. The predicted octanol–water partition coefficient (Wildman–Crippen LogP) is 3.01. The Kier molecular flexibility index (Phi) is 2.54. The van der Waals surface area contributed by atoms with Gasteiger partial charge in [-0.25, -0.2) is 4.98 Å². The lowest BCUT2D eigenvalue weighted by Crippen LogP contribution is -2.07. The monoisotopic (exact) mass is 196 g/mol. The van der Waals surface area contributed by atoms with Crippen molar-refractivity contribution in [3.05, 3.63) is 10.6 Å². The van der Waals surface area contributed by atoms with Crippen molar-refractivity contribution in [1.82, 2.24) is 4.98 Å². The van der Waals surface area contributed by atoms with Gasteiger partial charge in [0, 0.05) is 17.8 Å². The molecule has 1 aliphatic carbocycles. The number of nitrogens with one attached hydrogen (secondary N) is 1. The van der Waals surface area contributed by atoms with Crippen LogP contribution in [0.5, 0.6) is 0 Å². The highest BCUT2D eigenvalue weighted by Gasteiger charge is 2.22. The lowest BCUT2D eigenvalue weighted by Gasteiger charge is -2.18. The van der Waals surface area contributed by atoms with Gasteiger partial charge in [0.2, 0.25) is 0 Å². The van der Waals surface area contributed by atoms with E-state index in [2.05, 4.69) is 17.2 Å². The first-order chi connectivity index (χ1) is 6.35. The molecule has 1 atom stereocenters. The maximum Gasteiger partial charge on any atom is 0.182 e. The molecule has 13 heavy (non-hydrogen) atoms. The number of rotatable bonds is 2. The van der Waals surface area contributed by atoms with Crippen LogP contribution in [0.25, 0.3) is 0 Å². The van der Waals surface area contributed by atoms with Gasteiger partial charge < -0.3 is 5.32 Å². The Hall–Kier alpha value is -0.570. The molecule has 0 saturated heterocycles. The number of nitrogens with zero attached hydrogens (tertiary/aromatic N) is 1. The summed E-state index contributed by atoms with van der Waals surface area (Å²) in [6, 6.07) is 0. The molecule has 1 heterocycles. The molecular formula is C10H16N2S. The Bertz CT molecular complexity index is 293. The average molecular weight is 196 g/mol. The second kappa shape index (κ2) is 3.66. The fourth-order valence-corrected chi connectivity index (χ4v) is 3.05. The number of fused-ring (bicyclic) bond motifs is 1. The van der Waals surface area contributed by atoms with Crippen LogP contribution in [0.4, 0.5) is 5.13 Å². The smallest absolute Gasteiger partial charge is 0.182 e. The summed E-state index contributed by atoms with van der Waals surface area (Å²) in [5.41, 5.74) is 1.38. The maximum absolute atomic E-state index is 4.63. The second-order valence-electron chi connectivity index (χ2n) is 3.57. The number of aryl methyl sites for hydroxylation is 1. The zero-order chi connectivity index (χ0) is 9.26. The molecule has 72 valence electrons. The number of anilines is 1. The van der Waals surface area contributed by atoms with E-state index >= 15 is 0 Å². The first kappa shape index (κ1) is 9.00. The lowest BCUT2D eigenvalue weighted by atomic mass is 9.89. The van der Waals surface area contributed by atoms with Crippen LogP contribution in [0, 0.1) is 0 Å². The van der Waals surface area contributed by atoms with Crippen molar-refractivity contribution in [3.63, 3.8) is 0 Å². The number of aromatic nitrogens is 1. The molecule has 0 aromatic carbocycles. The van der Waals surface area contributed by atoms with Crippen LogP contribution in [0.2, 0.25) is 0 Å². The van der Waals surface area contributed by atoms with Gasteiger partial charge in [-0.1, -0.05) is 6.92 Å². The summed E-state index contributed by atoms with van der Waals surface area (Å²) in [4.78, 5) is 6.15. The van der Waals surface area contributed by atoms with Gasteiger partial charge in [0.15, 0.2) is 5.13 Å². The minimum Gasteiger partial charge on any atom is -0.365 e. The molecule has 0 amide bonds. The Labute approximate surface area is 83.4 Å². The third kappa shape index (κ3) is 1.57. The summed E-state index contributed by atoms with van der Waals surface area (Å²) in [7, 11) is 1.95. The van der Waals surface area contributed by atoms with Crippen LogP contribution < -0.4 is 5.32 Å². The molecule has 0 bridgehead atoms.